The van der Waals surface area contributed by atoms with Crippen molar-refractivity contribution in [1.82, 2.24) is 4.98 Å². The molecule has 0 saturated carbocycles. The van der Waals surface area contributed by atoms with Gasteiger partial charge in [0.25, 0.3) is 0 Å². The van der Waals surface area contributed by atoms with Crippen LogP contribution in [-0.2, 0) is 11.2 Å². The summed E-state index contributed by atoms with van der Waals surface area (Å²) in [5, 5.41) is 0.777. The number of methoxy groups -OCH3 is 1. The smallest absolute Gasteiger partial charge is 0.382 e. The fourth-order valence-electron chi connectivity index (χ4n) is 1.88. The van der Waals surface area contributed by atoms with Gasteiger partial charge < -0.3 is 13.6 Å². The van der Waals surface area contributed by atoms with Crippen LogP contribution in [0.25, 0.3) is 22.1 Å². The van der Waals surface area contributed by atoms with E-state index in [2.05, 4.69) is 4.98 Å². The second-order valence-corrected chi connectivity index (χ2v) is 3.91. The molecule has 92 valence electrons. The predicted molar refractivity (Wildman–Crippen MR) is 65.6 cm³/mol. The minimum atomic E-state index is -0.500. The SMILES string of the molecule is COCCc1nc2c(o1)c(=O)oc1ccccc12. The van der Waals surface area contributed by atoms with Crippen LogP contribution in [0, 0.1) is 0 Å². The molecule has 2 aromatic heterocycles. The number of aromatic nitrogens is 1. The second-order valence-electron chi connectivity index (χ2n) is 3.91. The number of hydrogen-bond donors (Lipinski definition) is 0. The van der Waals surface area contributed by atoms with Crippen LogP contribution in [0.4, 0.5) is 0 Å². The summed E-state index contributed by atoms with van der Waals surface area (Å²) in [6.45, 7) is 0.496. The van der Waals surface area contributed by atoms with E-state index >= 15 is 0 Å². The van der Waals surface area contributed by atoms with Crippen molar-refractivity contribution in [2.75, 3.05) is 13.7 Å². The Balaban J connectivity index is 2.27. The molecule has 0 radical (unpaired) electrons. The van der Waals surface area contributed by atoms with Crippen LogP contribution in [0.3, 0.4) is 0 Å². The lowest BCUT2D eigenvalue weighted by molar-refractivity contribution is 0.195. The van der Waals surface area contributed by atoms with Gasteiger partial charge in [-0.25, -0.2) is 9.78 Å². The third-order valence-electron chi connectivity index (χ3n) is 2.72. The van der Waals surface area contributed by atoms with E-state index in [0.29, 0.717) is 30.0 Å². The minimum absolute atomic E-state index is 0.166. The molecule has 0 N–H and O–H groups in total. The number of ether oxygens (including phenoxy) is 1. The molecule has 0 bridgehead atoms. The number of rotatable bonds is 3. The Morgan fingerprint density at radius 3 is 2.94 bits per heavy atom. The molecule has 0 aliphatic heterocycles. The third kappa shape index (κ3) is 1.69. The lowest BCUT2D eigenvalue weighted by atomic mass is 10.2. The Labute approximate surface area is 102 Å². The summed E-state index contributed by atoms with van der Waals surface area (Å²) in [6.07, 6.45) is 0.527. The van der Waals surface area contributed by atoms with E-state index in [9.17, 15) is 4.79 Å². The lowest BCUT2D eigenvalue weighted by Crippen LogP contribution is -1.97. The zero-order valence-corrected chi connectivity index (χ0v) is 9.80. The van der Waals surface area contributed by atoms with Gasteiger partial charge in [0.15, 0.2) is 5.89 Å². The van der Waals surface area contributed by atoms with E-state index < -0.39 is 5.63 Å². The Hall–Kier alpha value is -2.14. The molecule has 0 aliphatic rings. The topological polar surface area (TPSA) is 65.5 Å². The second kappa shape index (κ2) is 4.27. The van der Waals surface area contributed by atoms with E-state index in [1.54, 1.807) is 13.2 Å². The monoisotopic (exact) mass is 245 g/mol. The molecule has 0 atom stereocenters. The number of oxazole rings is 1. The molecule has 0 saturated heterocycles. The summed E-state index contributed by atoms with van der Waals surface area (Å²) >= 11 is 0. The summed E-state index contributed by atoms with van der Waals surface area (Å²) < 4.78 is 15.5. The summed E-state index contributed by atoms with van der Waals surface area (Å²) in [5.74, 6) is 0.482. The highest BCUT2D eigenvalue weighted by molar-refractivity contribution is 5.99. The molecule has 5 heteroatoms. The van der Waals surface area contributed by atoms with Crippen molar-refractivity contribution in [3.05, 3.63) is 40.6 Å². The van der Waals surface area contributed by atoms with Gasteiger partial charge in [-0.15, -0.1) is 0 Å². The van der Waals surface area contributed by atoms with E-state index in [-0.39, 0.29) is 5.58 Å². The molecule has 0 aliphatic carbocycles. The average molecular weight is 245 g/mol. The van der Waals surface area contributed by atoms with Crippen LogP contribution in [-0.4, -0.2) is 18.7 Å². The maximum absolute atomic E-state index is 11.7. The maximum atomic E-state index is 11.7. The standard InChI is InChI=1S/C13H11NO4/c1-16-7-6-10-14-11-8-4-2-3-5-9(8)17-13(15)12(11)18-10/h2-5H,6-7H2,1H3. The van der Waals surface area contributed by atoms with E-state index in [1.165, 1.54) is 0 Å². The number of hydrogen-bond acceptors (Lipinski definition) is 5. The third-order valence-corrected chi connectivity index (χ3v) is 2.72. The zero-order valence-electron chi connectivity index (χ0n) is 9.80. The molecule has 0 amide bonds. The fraction of sp³-hybridized carbons (Fsp3) is 0.231. The first-order valence-corrected chi connectivity index (χ1v) is 5.60. The van der Waals surface area contributed by atoms with Crippen molar-refractivity contribution in [3.63, 3.8) is 0 Å². The van der Waals surface area contributed by atoms with Crippen molar-refractivity contribution in [2.45, 2.75) is 6.42 Å². The van der Waals surface area contributed by atoms with Gasteiger partial charge in [-0.2, -0.15) is 0 Å². The van der Waals surface area contributed by atoms with E-state index in [4.69, 9.17) is 13.6 Å². The average Bonchev–Trinajstić information content (AvgIpc) is 2.81. The Morgan fingerprint density at radius 2 is 2.11 bits per heavy atom. The van der Waals surface area contributed by atoms with Crippen LogP contribution in [0.15, 0.2) is 37.9 Å². The highest BCUT2D eigenvalue weighted by Crippen LogP contribution is 2.22. The van der Waals surface area contributed by atoms with Crippen LogP contribution in [0.5, 0.6) is 0 Å². The van der Waals surface area contributed by atoms with Crippen molar-refractivity contribution in [1.29, 1.82) is 0 Å². The van der Waals surface area contributed by atoms with Crippen LogP contribution in [0.2, 0.25) is 0 Å². The van der Waals surface area contributed by atoms with Gasteiger partial charge in [0.2, 0.25) is 5.58 Å². The molecule has 18 heavy (non-hydrogen) atoms. The zero-order chi connectivity index (χ0) is 12.5. The summed E-state index contributed by atoms with van der Waals surface area (Å²) in [7, 11) is 1.60. The normalized spacial score (nSPS) is 11.4. The fourth-order valence-corrected chi connectivity index (χ4v) is 1.88. The van der Waals surface area contributed by atoms with Crippen LogP contribution < -0.4 is 5.63 Å². The lowest BCUT2D eigenvalue weighted by Gasteiger charge is -1.94. The van der Waals surface area contributed by atoms with Gasteiger partial charge in [-0.1, -0.05) is 12.1 Å². The minimum Gasteiger partial charge on any atom is -0.433 e. The molecule has 0 spiro atoms. The predicted octanol–water partition coefficient (Wildman–Crippen LogP) is 2.12. The highest BCUT2D eigenvalue weighted by Gasteiger charge is 2.14. The molecule has 0 fully saturated rings. The van der Waals surface area contributed by atoms with Crippen LogP contribution >= 0.6 is 0 Å². The van der Waals surface area contributed by atoms with E-state index in [1.807, 2.05) is 18.2 Å². The van der Waals surface area contributed by atoms with Crippen LogP contribution in [0.1, 0.15) is 5.89 Å². The quantitative estimate of drug-likeness (QED) is 0.661. The van der Waals surface area contributed by atoms with Gasteiger partial charge in [0.1, 0.15) is 11.1 Å². The van der Waals surface area contributed by atoms with E-state index in [0.717, 1.165) is 5.39 Å². The molecule has 2 heterocycles. The number of fused-ring (bicyclic) bond motifs is 3. The molecular weight excluding hydrogens is 234 g/mol. The number of nitrogens with zero attached hydrogens (tertiary/aromatic N) is 1. The van der Waals surface area contributed by atoms with Crippen molar-refractivity contribution >= 4 is 22.1 Å². The number of benzene rings is 1. The van der Waals surface area contributed by atoms with Gasteiger partial charge in [0, 0.05) is 18.9 Å². The molecular formula is C13H11NO4. The first kappa shape index (κ1) is 11.0. The summed E-state index contributed by atoms with van der Waals surface area (Å²) in [5.41, 5.74) is 0.731. The van der Waals surface area contributed by atoms with Crippen molar-refractivity contribution in [2.24, 2.45) is 0 Å². The van der Waals surface area contributed by atoms with Crippen molar-refractivity contribution < 1.29 is 13.6 Å². The Kier molecular flexibility index (Phi) is 2.60. The van der Waals surface area contributed by atoms with Gasteiger partial charge in [-0.3, -0.25) is 0 Å². The number of para-hydroxylation sites is 1. The summed E-state index contributed by atoms with van der Waals surface area (Å²) in [4.78, 5) is 16.1. The first-order chi connectivity index (χ1) is 8.79. The Morgan fingerprint density at radius 1 is 1.28 bits per heavy atom. The highest BCUT2D eigenvalue weighted by atomic mass is 16.5. The maximum Gasteiger partial charge on any atom is 0.382 e. The largest absolute Gasteiger partial charge is 0.433 e. The van der Waals surface area contributed by atoms with Crippen molar-refractivity contribution in [3.8, 4) is 0 Å². The Bertz CT molecular complexity index is 756. The molecule has 5 nitrogen and oxygen atoms in total. The molecule has 0 unspecified atom stereocenters. The van der Waals surface area contributed by atoms with Gasteiger partial charge in [0.05, 0.1) is 6.61 Å². The van der Waals surface area contributed by atoms with Gasteiger partial charge >= 0.3 is 5.63 Å². The summed E-state index contributed by atoms with van der Waals surface area (Å²) in [6, 6.07) is 7.26. The molecule has 3 aromatic rings. The molecule has 3 rings (SSSR count). The van der Waals surface area contributed by atoms with Gasteiger partial charge in [-0.05, 0) is 12.1 Å². The molecule has 1 aromatic carbocycles. The first-order valence-electron chi connectivity index (χ1n) is 5.60.